The lowest BCUT2D eigenvalue weighted by Gasteiger charge is -2.32. The van der Waals surface area contributed by atoms with Crippen molar-refractivity contribution in [3.05, 3.63) is 35.4 Å². The first-order valence-corrected chi connectivity index (χ1v) is 5.85. The first-order chi connectivity index (χ1) is 8.31. The monoisotopic (exact) mass is 231 g/mol. The highest BCUT2D eigenvalue weighted by atomic mass is 16.5. The van der Waals surface area contributed by atoms with Gasteiger partial charge in [0.05, 0.1) is 24.3 Å². The van der Waals surface area contributed by atoms with Crippen molar-refractivity contribution in [2.24, 2.45) is 5.73 Å². The summed E-state index contributed by atoms with van der Waals surface area (Å²) in [5.74, 6) is 0. The van der Waals surface area contributed by atoms with Crippen molar-refractivity contribution >= 4 is 0 Å². The van der Waals surface area contributed by atoms with Gasteiger partial charge in [-0.1, -0.05) is 12.1 Å². The minimum atomic E-state index is 0.155. The van der Waals surface area contributed by atoms with E-state index in [1.807, 2.05) is 24.3 Å². The number of benzene rings is 1. The van der Waals surface area contributed by atoms with Crippen LogP contribution in [-0.4, -0.2) is 37.2 Å². The molecular formula is C13H17N3O. The van der Waals surface area contributed by atoms with Crippen molar-refractivity contribution in [3.8, 4) is 6.07 Å². The number of morpholine rings is 1. The molecule has 1 aromatic rings. The Morgan fingerprint density at radius 1 is 1.41 bits per heavy atom. The van der Waals surface area contributed by atoms with Crippen molar-refractivity contribution in [3.63, 3.8) is 0 Å². The van der Waals surface area contributed by atoms with Gasteiger partial charge in [0.15, 0.2) is 0 Å². The van der Waals surface area contributed by atoms with Gasteiger partial charge in [-0.05, 0) is 17.7 Å². The lowest BCUT2D eigenvalue weighted by atomic mass is 10.1. The molecule has 1 unspecified atom stereocenters. The Morgan fingerprint density at radius 3 is 2.82 bits per heavy atom. The zero-order chi connectivity index (χ0) is 12.1. The van der Waals surface area contributed by atoms with Gasteiger partial charge in [0.25, 0.3) is 0 Å². The third-order valence-electron chi connectivity index (χ3n) is 2.98. The van der Waals surface area contributed by atoms with Crippen LogP contribution in [0.5, 0.6) is 0 Å². The molecule has 0 spiro atoms. The van der Waals surface area contributed by atoms with Crippen LogP contribution in [0.3, 0.4) is 0 Å². The molecule has 17 heavy (non-hydrogen) atoms. The fourth-order valence-electron chi connectivity index (χ4n) is 2.01. The van der Waals surface area contributed by atoms with Crippen molar-refractivity contribution in [1.82, 2.24) is 4.90 Å². The minimum Gasteiger partial charge on any atom is -0.374 e. The lowest BCUT2D eigenvalue weighted by molar-refractivity contribution is -0.0260. The van der Waals surface area contributed by atoms with Crippen molar-refractivity contribution < 1.29 is 4.74 Å². The minimum absolute atomic E-state index is 0.155. The molecule has 1 atom stereocenters. The first-order valence-electron chi connectivity index (χ1n) is 5.85. The van der Waals surface area contributed by atoms with Gasteiger partial charge < -0.3 is 10.5 Å². The topological polar surface area (TPSA) is 62.3 Å². The second-order valence-electron chi connectivity index (χ2n) is 4.27. The number of nitriles is 1. The molecule has 90 valence electrons. The average Bonchev–Trinajstić information content (AvgIpc) is 2.40. The summed E-state index contributed by atoms with van der Waals surface area (Å²) in [6.07, 6.45) is 0.155. The van der Waals surface area contributed by atoms with Crippen LogP contribution in [-0.2, 0) is 11.3 Å². The van der Waals surface area contributed by atoms with Gasteiger partial charge in [0.2, 0.25) is 0 Å². The Bertz CT molecular complexity index is 396. The summed E-state index contributed by atoms with van der Waals surface area (Å²) in [5, 5.41) is 8.73. The SMILES string of the molecule is N#Cc1ccc(CN2CCOC(CN)C2)cc1. The van der Waals surface area contributed by atoms with E-state index in [0.717, 1.165) is 26.2 Å². The Hall–Kier alpha value is -1.41. The number of hydrogen-bond acceptors (Lipinski definition) is 4. The summed E-state index contributed by atoms with van der Waals surface area (Å²) in [6.45, 7) is 4.04. The molecule has 4 heteroatoms. The maximum absolute atomic E-state index is 8.73. The van der Waals surface area contributed by atoms with E-state index in [1.165, 1.54) is 5.56 Å². The van der Waals surface area contributed by atoms with E-state index in [-0.39, 0.29) is 6.10 Å². The van der Waals surface area contributed by atoms with Crippen LogP contribution in [0.2, 0.25) is 0 Å². The second kappa shape index (κ2) is 5.78. The van der Waals surface area contributed by atoms with Crippen LogP contribution in [0.25, 0.3) is 0 Å². The van der Waals surface area contributed by atoms with E-state index in [2.05, 4.69) is 11.0 Å². The molecular weight excluding hydrogens is 214 g/mol. The van der Waals surface area contributed by atoms with E-state index < -0.39 is 0 Å². The van der Waals surface area contributed by atoms with Crippen molar-refractivity contribution in [2.75, 3.05) is 26.2 Å². The predicted molar refractivity (Wildman–Crippen MR) is 65.2 cm³/mol. The fourth-order valence-corrected chi connectivity index (χ4v) is 2.01. The Labute approximate surface area is 102 Å². The molecule has 1 saturated heterocycles. The van der Waals surface area contributed by atoms with Gasteiger partial charge in [0, 0.05) is 26.2 Å². The van der Waals surface area contributed by atoms with Gasteiger partial charge in [-0.25, -0.2) is 0 Å². The summed E-state index contributed by atoms with van der Waals surface area (Å²) in [7, 11) is 0. The fraction of sp³-hybridized carbons (Fsp3) is 0.462. The van der Waals surface area contributed by atoms with Crippen LogP contribution in [0, 0.1) is 11.3 Å². The summed E-state index contributed by atoms with van der Waals surface area (Å²) in [6, 6.07) is 9.85. The highest BCUT2D eigenvalue weighted by Crippen LogP contribution is 2.10. The maximum atomic E-state index is 8.73. The molecule has 1 fully saturated rings. The smallest absolute Gasteiger partial charge is 0.0991 e. The highest BCUT2D eigenvalue weighted by Gasteiger charge is 2.18. The molecule has 2 N–H and O–H groups in total. The first kappa shape index (κ1) is 12.1. The van der Waals surface area contributed by atoms with E-state index in [4.69, 9.17) is 15.7 Å². The molecule has 1 heterocycles. The molecule has 0 saturated carbocycles. The molecule has 0 aromatic heterocycles. The molecule has 4 nitrogen and oxygen atoms in total. The molecule has 1 aromatic carbocycles. The number of rotatable bonds is 3. The van der Waals surface area contributed by atoms with Gasteiger partial charge >= 0.3 is 0 Å². The number of ether oxygens (including phenoxy) is 1. The van der Waals surface area contributed by atoms with Crippen LogP contribution in [0.15, 0.2) is 24.3 Å². The van der Waals surface area contributed by atoms with Gasteiger partial charge in [0.1, 0.15) is 0 Å². The van der Waals surface area contributed by atoms with Gasteiger partial charge in [-0.2, -0.15) is 5.26 Å². The summed E-state index contributed by atoms with van der Waals surface area (Å²) >= 11 is 0. The number of nitrogens with zero attached hydrogens (tertiary/aromatic N) is 2. The van der Waals surface area contributed by atoms with Crippen LogP contribution in [0.4, 0.5) is 0 Å². The molecule has 0 bridgehead atoms. The lowest BCUT2D eigenvalue weighted by Crippen LogP contribution is -2.45. The molecule has 2 rings (SSSR count). The number of nitrogens with two attached hydrogens (primary N) is 1. The standard InChI is InChI=1S/C13H17N3O/c14-7-11-1-3-12(4-2-11)9-16-5-6-17-13(8-15)10-16/h1-4,13H,5-6,8-10,15H2. The third-order valence-corrected chi connectivity index (χ3v) is 2.98. The zero-order valence-electron chi connectivity index (χ0n) is 9.80. The molecule has 1 aliphatic rings. The van der Waals surface area contributed by atoms with E-state index in [9.17, 15) is 0 Å². The summed E-state index contributed by atoms with van der Waals surface area (Å²) in [5.41, 5.74) is 7.54. The summed E-state index contributed by atoms with van der Waals surface area (Å²) < 4.78 is 5.52. The van der Waals surface area contributed by atoms with Gasteiger partial charge in [-0.3, -0.25) is 4.90 Å². The van der Waals surface area contributed by atoms with Crippen LogP contribution < -0.4 is 5.73 Å². The van der Waals surface area contributed by atoms with E-state index in [0.29, 0.717) is 12.1 Å². The maximum Gasteiger partial charge on any atom is 0.0991 e. The predicted octanol–water partition coefficient (Wildman–Crippen LogP) is 0.718. The van der Waals surface area contributed by atoms with E-state index in [1.54, 1.807) is 0 Å². The normalized spacial score (nSPS) is 21.1. The Morgan fingerprint density at radius 2 is 2.18 bits per heavy atom. The van der Waals surface area contributed by atoms with Gasteiger partial charge in [-0.15, -0.1) is 0 Å². The largest absolute Gasteiger partial charge is 0.374 e. The van der Waals surface area contributed by atoms with Crippen LogP contribution in [0.1, 0.15) is 11.1 Å². The van der Waals surface area contributed by atoms with Crippen molar-refractivity contribution in [1.29, 1.82) is 5.26 Å². The Balaban J connectivity index is 1.93. The molecule has 0 aliphatic carbocycles. The second-order valence-corrected chi connectivity index (χ2v) is 4.27. The quantitative estimate of drug-likeness (QED) is 0.832. The highest BCUT2D eigenvalue weighted by molar-refractivity contribution is 5.31. The molecule has 1 aliphatic heterocycles. The van der Waals surface area contributed by atoms with E-state index >= 15 is 0 Å². The van der Waals surface area contributed by atoms with Crippen molar-refractivity contribution in [2.45, 2.75) is 12.6 Å². The molecule has 0 amide bonds. The Kier molecular flexibility index (Phi) is 4.10. The van der Waals surface area contributed by atoms with Crippen LogP contribution >= 0.6 is 0 Å². The zero-order valence-corrected chi connectivity index (χ0v) is 9.80. The summed E-state index contributed by atoms with van der Waals surface area (Å²) in [4.78, 5) is 2.34. The average molecular weight is 231 g/mol. The third kappa shape index (κ3) is 3.27. The molecule has 0 radical (unpaired) electrons. The number of hydrogen-bond donors (Lipinski definition) is 1.